The van der Waals surface area contributed by atoms with E-state index >= 15 is 0 Å². The molecule has 0 aliphatic carbocycles. The van der Waals surface area contributed by atoms with Gasteiger partial charge in [-0.05, 0) is 49.9 Å². The Morgan fingerprint density at radius 3 is 2.42 bits per heavy atom. The zero-order valence-corrected chi connectivity index (χ0v) is 14.9. The molecule has 24 heavy (non-hydrogen) atoms. The van der Waals surface area contributed by atoms with Crippen molar-refractivity contribution in [2.45, 2.75) is 34.1 Å². The second-order valence-corrected chi connectivity index (χ2v) is 5.97. The molecule has 0 atom stereocenters. The van der Waals surface area contributed by atoms with Gasteiger partial charge in [-0.15, -0.1) is 0 Å². The van der Waals surface area contributed by atoms with Gasteiger partial charge in [0.2, 0.25) is 0 Å². The lowest BCUT2D eigenvalue weighted by Gasteiger charge is -2.14. The maximum absolute atomic E-state index is 12.0. The number of carbonyl (C=O) groups is 1. The highest BCUT2D eigenvalue weighted by Crippen LogP contribution is 2.24. The van der Waals surface area contributed by atoms with E-state index in [9.17, 15) is 4.79 Å². The monoisotopic (exact) mass is 326 g/mol. The molecule has 0 aromatic heterocycles. The van der Waals surface area contributed by atoms with Crippen molar-refractivity contribution in [1.29, 1.82) is 0 Å². The molecule has 4 heteroatoms. The Balaban J connectivity index is 1.81. The molecule has 0 saturated heterocycles. The number of aryl methyl sites for hydroxylation is 4. The number of ether oxygens (including phenoxy) is 1. The Kier molecular flexibility index (Phi) is 6.24. The second kappa shape index (κ2) is 8.39. The van der Waals surface area contributed by atoms with Gasteiger partial charge in [0, 0.05) is 5.69 Å². The van der Waals surface area contributed by atoms with Gasteiger partial charge in [0.05, 0.1) is 6.54 Å². The number of rotatable bonds is 6. The SMILES string of the molecule is CCc1ccccc1NC(=O)NCCOc1c(C)cc(C)cc1C. The molecule has 2 aromatic carbocycles. The normalized spacial score (nSPS) is 10.3. The van der Waals surface area contributed by atoms with Gasteiger partial charge in [0.25, 0.3) is 0 Å². The van der Waals surface area contributed by atoms with E-state index in [2.05, 4.69) is 36.6 Å². The molecule has 2 aromatic rings. The number of benzene rings is 2. The van der Waals surface area contributed by atoms with Crippen molar-refractivity contribution in [1.82, 2.24) is 5.32 Å². The van der Waals surface area contributed by atoms with Crippen LogP contribution in [0.5, 0.6) is 5.75 Å². The summed E-state index contributed by atoms with van der Waals surface area (Å²) >= 11 is 0. The first kappa shape index (κ1) is 17.9. The van der Waals surface area contributed by atoms with E-state index in [4.69, 9.17) is 4.74 Å². The fourth-order valence-corrected chi connectivity index (χ4v) is 2.83. The number of hydrogen-bond acceptors (Lipinski definition) is 2. The third kappa shape index (κ3) is 4.75. The second-order valence-electron chi connectivity index (χ2n) is 5.97. The highest BCUT2D eigenvalue weighted by atomic mass is 16.5. The van der Waals surface area contributed by atoms with Crippen LogP contribution in [-0.4, -0.2) is 19.2 Å². The Bertz CT molecular complexity index is 688. The summed E-state index contributed by atoms with van der Waals surface area (Å²) in [5.41, 5.74) is 5.44. The molecule has 0 aliphatic heterocycles. The van der Waals surface area contributed by atoms with Gasteiger partial charge in [-0.1, -0.05) is 42.8 Å². The van der Waals surface area contributed by atoms with E-state index in [1.807, 2.05) is 38.1 Å². The van der Waals surface area contributed by atoms with Crippen molar-refractivity contribution in [2.24, 2.45) is 0 Å². The molecule has 0 spiro atoms. The molecule has 2 rings (SSSR count). The van der Waals surface area contributed by atoms with Crippen LogP contribution >= 0.6 is 0 Å². The summed E-state index contributed by atoms with van der Waals surface area (Å²) in [5, 5.41) is 5.71. The molecule has 128 valence electrons. The van der Waals surface area contributed by atoms with Gasteiger partial charge in [-0.25, -0.2) is 4.79 Å². The molecular weight excluding hydrogens is 300 g/mol. The van der Waals surface area contributed by atoms with E-state index < -0.39 is 0 Å². The third-order valence-electron chi connectivity index (χ3n) is 3.89. The highest BCUT2D eigenvalue weighted by Gasteiger charge is 2.07. The van der Waals surface area contributed by atoms with Crippen LogP contribution in [0.1, 0.15) is 29.2 Å². The Labute approximate surface area is 144 Å². The molecule has 0 heterocycles. The predicted octanol–water partition coefficient (Wildman–Crippen LogP) is 4.37. The van der Waals surface area contributed by atoms with Crippen molar-refractivity contribution in [3.63, 3.8) is 0 Å². The van der Waals surface area contributed by atoms with Crippen LogP contribution in [0, 0.1) is 20.8 Å². The first-order chi connectivity index (χ1) is 11.5. The van der Waals surface area contributed by atoms with E-state index in [1.165, 1.54) is 5.56 Å². The molecule has 2 N–H and O–H groups in total. The van der Waals surface area contributed by atoms with Crippen molar-refractivity contribution in [3.05, 3.63) is 58.7 Å². The molecule has 0 fully saturated rings. The number of carbonyl (C=O) groups excluding carboxylic acids is 1. The molecule has 2 amide bonds. The van der Waals surface area contributed by atoms with E-state index in [1.54, 1.807) is 0 Å². The summed E-state index contributed by atoms with van der Waals surface area (Å²) in [7, 11) is 0. The van der Waals surface area contributed by atoms with Crippen molar-refractivity contribution >= 4 is 11.7 Å². The summed E-state index contributed by atoms with van der Waals surface area (Å²) < 4.78 is 5.83. The first-order valence-electron chi connectivity index (χ1n) is 8.34. The lowest BCUT2D eigenvalue weighted by Crippen LogP contribution is -2.32. The Morgan fingerprint density at radius 2 is 1.75 bits per heavy atom. The third-order valence-corrected chi connectivity index (χ3v) is 3.89. The van der Waals surface area contributed by atoms with Gasteiger partial charge in [0.15, 0.2) is 0 Å². The zero-order chi connectivity index (χ0) is 17.5. The van der Waals surface area contributed by atoms with Crippen LogP contribution in [0.15, 0.2) is 36.4 Å². The number of urea groups is 1. The minimum atomic E-state index is -0.211. The van der Waals surface area contributed by atoms with E-state index in [0.29, 0.717) is 13.2 Å². The number of hydrogen-bond donors (Lipinski definition) is 2. The van der Waals surface area contributed by atoms with Crippen molar-refractivity contribution in [3.8, 4) is 5.75 Å². The highest BCUT2D eigenvalue weighted by molar-refractivity contribution is 5.90. The van der Waals surface area contributed by atoms with Crippen LogP contribution in [0.25, 0.3) is 0 Å². The number of amides is 2. The standard InChI is InChI=1S/C20H26N2O2/c1-5-17-8-6-7-9-18(17)22-20(23)21-10-11-24-19-15(3)12-14(2)13-16(19)4/h6-9,12-13H,5,10-11H2,1-4H3,(H2,21,22,23). The summed E-state index contributed by atoms with van der Waals surface area (Å²) in [6.45, 7) is 9.11. The van der Waals surface area contributed by atoms with Crippen LogP contribution in [0.4, 0.5) is 10.5 Å². The minimum absolute atomic E-state index is 0.211. The maximum Gasteiger partial charge on any atom is 0.319 e. The lowest BCUT2D eigenvalue weighted by atomic mass is 10.1. The minimum Gasteiger partial charge on any atom is -0.491 e. The quantitative estimate of drug-likeness (QED) is 0.774. The summed E-state index contributed by atoms with van der Waals surface area (Å²) in [6.07, 6.45) is 0.880. The molecule has 0 radical (unpaired) electrons. The average molecular weight is 326 g/mol. The Morgan fingerprint density at radius 1 is 1.08 bits per heavy atom. The van der Waals surface area contributed by atoms with Gasteiger partial charge >= 0.3 is 6.03 Å². The molecule has 0 bridgehead atoms. The Hall–Kier alpha value is -2.49. The van der Waals surface area contributed by atoms with Gasteiger partial charge in [0.1, 0.15) is 12.4 Å². The number of para-hydroxylation sites is 1. The summed E-state index contributed by atoms with van der Waals surface area (Å²) in [4.78, 5) is 12.0. The van der Waals surface area contributed by atoms with Crippen LogP contribution < -0.4 is 15.4 Å². The van der Waals surface area contributed by atoms with Gasteiger partial charge in [-0.3, -0.25) is 0 Å². The molecule has 0 aliphatic rings. The van der Waals surface area contributed by atoms with Crippen molar-refractivity contribution in [2.75, 3.05) is 18.5 Å². The zero-order valence-electron chi connectivity index (χ0n) is 14.9. The smallest absolute Gasteiger partial charge is 0.319 e. The fourth-order valence-electron chi connectivity index (χ4n) is 2.83. The lowest BCUT2D eigenvalue weighted by molar-refractivity contribution is 0.247. The average Bonchev–Trinajstić information content (AvgIpc) is 2.53. The summed E-state index contributed by atoms with van der Waals surface area (Å²) in [5.74, 6) is 0.902. The fraction of sp³-hybridized carbons (Fsp3) is 0.350. The predicted molar refractivity (Wildman–Crippen MR) is 99.0 cm³/mol. The first-order valence-corrected chi connectivity index (χ1v) is 8.34. The summed E-state index contributed by atoms with van der Waals surface area (Å²) in [6, 6.07) is 11.8. The molecule has 4 nitrogen and oxygen atoms in total. The maximum atomic E-state index is 12.0. The van der Waals surface area contributed by atoms with Crippen LogP contribution in [0.3, 0.4) is 0 Å². The van der Waals surface area contributed by atoms with Crippen LogP contribution in [-0.2, 0) is 6.42 Å². The van der Waals surface area contributed by atoms with Crippen LogP contribution in [0.2, 0.25) is 0 Å². The largest absolute Gasteiger partial charge is 0.491 e. The van der Waals surface area contributed by atoms with Gasteiger partial charge in [-0.2, -0.15) is 0 Å². The molecule has 0 saturated carbocycles. The van der Waals surface area contributed by atoms with Gasteiger partial charge < -0.3 is 15.4 Å². The molecule has 0 unspecified atom stereocenters. The van der Waals surface area contributed by atoms with Crippen molar-refractivity contribution < 1.29 is 9.53 Å². The molecular formula is C20H26N2O2. The number of anilines is 1. The van der Waals surface area contributed by atoms with E-state index in [0.717, 1.165) is 34.5 Å². The van der Waals surface area contributed by atoms with E-state index in [-0.39, 0.29) is 6.03 Å². The number of nitrogens with one attached hydrogen (secondary N) is 2. The topological polar surface area (TPSA) is 50.4 Å².